The van der Waals surface area contributed by atoms with Crippen molar-refractivity contribution in [3.8, 4) is 11.8 Å². The molecule has 1 unspecified atom stereocenters. The highest BCUT2D eigenvalue weighted by Gasteiger charge is 2.37. The van der Waals surface area contributed by atoms with Crippen LogP contribution in [0.5, 0.6) is 0 Å². The van der Waals surface area contributed by atoms with E-state index in [9.17, 15) is 23.2 Å². The molecule has 3 amide bonds. The maximum atomic E-state index is 15.6. The molecule has 11 rings (SSSR count). The first-order valence-corrected chi connectivity index (χ1v) is 23.9. The van der Waals surface area contributed by atoms with Crippen molar-refractivity contribution in [3.63, 3.8) is 0 Å². The van der Waals surface area contributed by atoms with E-state index in [4.69, 9.17) is 14.8 Å². The number of likely N-dealkylation sites (tertiary alicyclic amines) is 2. The van der Waals surface area contributed by atoms with Gasteiger partial charge in [0.1, 0.15) is 24.2 Å². The molecule has 2 aliphatic carbocycles. The lowest BCUT2D eigenvalue weighted by Gasteiger charge is -2.44. The van der Waals surface area contributed by atoms with E-state index in [0.717, 1.165) is 87.0 Å². The lowest BCUT2D eigenvalue weighted by molar-refractivity contribution is -0.134. The van der Waals surface area contributed by atoms with Crippen LogP contribution in [0.2, 0.25) is 0 Å². The van der Waals surface area contributed by atoms with E-state index in [2.05, 4.69) is 47.4 Å². The lowest BCUT2D eigenvalue weighted by atomic mass is 9.85. The number of aromatic nitrogens is 7. The third-order valence-corrected chi connectivity index (χ3v) is 14.6. The largest absolute Gasteiger partial charge is 0.362 e. The normalized spacial score (nSPS) is 25.3. The zero-order valence-electron chi connectivity index (χ0n) is 37.3. The van der Waals surface area contributed by atoms with Gasteiger partial charge in [0.05, 0.1) is 52.8 Å². The Labute approximate surface area is 385 Å². The zero-order valence-corrected chi connectivity index (χ0v) is 37.3. The van der Waals surface area contributed by atoms with Gasteiger partial charge in [-0.15, -0.1) is 0 Å². The highest BCUT2D eigenvalue weighted by molar-refractivity contribution is 6.08. The van der Waals surface area contributed by atoms with Crippen molar-refractivity contribution in [2.24, 2.45) is 11.8 Å². The summed E-state index contributed by atoms with van der Waals surface area (Å²) in [4.78, 5) is 49.7. The standard InChI is InChI=1S/C48H55F3N12O4/c49-37-27-59(19-15-39(37)67-21-2-5-31-4-1-6-34-42(35-13-14-41(64)55-47(35)65)57-63(44(31)34)33-11-12-33)23-29-7-9-32(10-8-29)62-28-38(43(56-62)45(50)51)53-48(66)36-22-52-61-20-16-40(54-46(36)61)60-25-30(26-60)24-58-17-3-18-58/h1,4,6,16,20,22,28-30,32-33,35,37,39,45H,3,7-15,17-19,21,23-27H2,(H,53,66)(H,55,64,65)/t29-,32-,35?,37-,39+/m1/s1. The average Bonchev–Trinajstić information content (AvgIpc) is 3.71. The molecule has 6 fully saturated rings. The quantitative estimate of drug-likeness (QED) is 0.111. The number of halogens is 3. The first-order valence-electron chi connectivity index (χ1n) is 23.9. The molecule has 4 aliphatic heterocycles. The van der Waals surface area contributed by atoms with Crippen LogP contribution in [-0.2, 0) is 14.3 Å². The number of piperidine rings is 2. The molecule has 0 bridgehead atoms. The van der Waals surface area contributed by atoms with Crippen molar-refractivity contribution < 1.29 is 32.3 Å². The molecule has 352 valence electrons. The van der Waals surface area contributed by atoms with Crippen molar-refractivity contribution in [1.82, 2.24) is 49.3 Å². The van der Waals surface area contributed by atoms with E-state index in [1.54, 1.807) is 10.9 Å². The van der Waals surface area contributed by atoms with E-state index in [1.165, 1.54) is 36.4 Å². The Bertz CT molecular complexity index is 2740. The number of nitrogens with zero attached hydrogens (tertiary/aromatic N) is 10. The number of fused-ring (bicyclic) bond motifs is 2. The lowest BCUT2D eigenvalue weighted by Crippen LogP contribution is -2.54. The highest BCUT2D eigenvalue weighted by atomic mass is 19.3. The van der Waals surface area contributed by atoms with Gasteiger partial charge in [0.2, 0.25) is 11.8 Å². The van der Waals surface area contributed by atoms with Crippen LogP contribution in [0, 0.1) is 23.7 Å². The van der Waals surface area contributed by atoms with Crippen LogP contribution in [-0.4, -0.2) is 133 Å². The summed E-state index contributed by atoms with van der Waals surface area (Å²) >= 11 is 0. The van der Waals surface area contributed by atoms with Gasteiger partial charge in [0.15, 0.2) is 11.3 Å². The molecule has 8 heterocycles. The molecular formula is C48H55F3N12O4. The van der Waals surface area contributed by atoms with E-state index in [1.807, 2.05) is 28.9 Å². The number of nitrogens with one attached hydrogen (secondary N) is 2. The Morgan fingerprint density at radius 2 is 1.73 bits per heavy atom. The summed E-state index contributed by atoms with van der Waals surface area (Å²) in [5, 5.41) is 19.4. The first-order chi connectivity index (χ1) is 32.6. The van der Waals surface area contributed by atoms with Crippen molar-refractivity contribution in [2.75, 3.05) is 69.2 Å². The number of hydrogen-bond donors (Lipinski definition) is 2. The Morgan fingerprint density at radius 1 is 0.925 bits per heavy atom. The fraction of sp³-hybridized carbons (Fsp3) is 0.562. The fourth-order valence-corrected chi connectivity index (χ4v) is 10.7. The van der Waals surface area contributed by atoms with Crippen LogP contribution >= 0.6 is 0 Å². The second-order valence-electron chi connectivity index (χ2n) is 19.4. The number of amides is 3. The van der Waals surface area contributed by atoms with Crippen LogP contribution in [0.25, 0.3) is 16.6 Å². The third-order valence-electron chi connectivity index (χ3n) is 14.6. The predicted octanol–water partition coefficient (Wildman–Crippen LogP) is 5.67. The summed E-state index contributed by atoms with van der Waals surface area (Å²) in [6.45, 7) is 7.00. The van der Waals surface area contributed by atoms with Crippen LogP contribution in [0.15, 0.2) is 42.9 Å². The molecule has 3 atom stereocenters. The molecule has 2 N–H and O–H groups in total. The molecule has 16 nitrogen and oxygen atoms in total. The Kier molecular flexibility index (Phi) is 12.0. The minimum absolute atomic E-state index is 0.0294. The van der Waals surface area contributed by atoms with Crippen LogP contribution in [0.4, 0.5) is 24.7 Å². The molecule has 4 saturated heterocycles. The summed E-state index contributed by atoms with van der Waals surface area (Å²) in [6.07, 6.45) is 7.70. The first kappa shape index (κ1) is 43.7. The molecule has 1 aromatic carbocycles. The smallest absolute Gasteiger partial charge is 0.284 e. The highest BCUT2D eigenvalue weighted by Crippen LogP contribution is 2.41. The van der Waals surface area contributed by atoms with Crippen molar-refractivity contribution >= 4 is 45.8 Å². The van der Waals surface area contributed by atoms with Gasteiger partial charge in [-0.25, -0.2) is 22.7 Å². The molecule has 67 heavy (non-hydrogen) atoms. The Hall–Kier alpha value is -5.84. The van der Waals surface area contributed by atoms with Crippen molar-refractivity contribution in [3.05, 3.63) is 65.4 Å². The number of carbonyl (C=O) groups excluding carboxylic acids is 3. The summed E-state index contributed by atoms with van der Waals surface area (Å²) in [6, 6.07) is 7.79. The summed E-state index contributed by atoms with van der Waals surface area (Å²) in [5.41, 5.74) is 2.37. The molecule has 6 aliphatic rings. The Balaban J connectivity index is 0.659. The van der Waals surface area contributed by atoms with E-state index in [-0.39, 0.29) is 54.7 Å². The molecule has 0 spiro atoms. The van der Waals surface area contributed by atoms with Gasteiger partial charge in [-0.05, 0) is 88.9 Å². The third kappa shape index (κ3) is 9.03. The molecular weight excluding hydrogens is 866 g/mol. The number of imide groups is 1. The number of hydrogen-bond acceptors (Lipinski definition) is 11. The minimum atomic E-state index is -2.88. The van der Waals surface area contributed by atoms with Crippen LogP contribution in [0.1, 0.15) is 116 Å². The van der Waals surface area contributed by atoms with Gasteiger partial charge in [-0.1, -0.05) is 24.0 Å². The second kappa shape index (κ2) is 18.3. The maximum absolute atomic E-state index is 15.6. The number of rotatable bonds is 13. The number of ether oxygens (including phenoxy) is 1. The van der Waals surface area contributed by atoms with Crippen LogP contribution < -0.4 is 15.5 Å². The molecule has 2 saturated carbocycles. The average molecular weight is 921 g/mol. The Morgan fingerprint density at radius 3 is 2.48 bits per heavy atom. The van der Waals surface area contributed by atoms with Gasteiger partial charge < -0.3 is 19.9 Å². The number of anilines is 2. The van der Waals surface area contributed by atoms with Gasteiger partial charge in [-0.3, -0.25) is 34.0 Å². The van der Waals surface area contributed by atoms with E-state index < -0.39 is 36.2 Å². The topological polar surface area (TPSA) is 160 Å². The zero-order chi connectivity index (χ0) is 45.8. The fourth-order valence-electron chi connectivity index (χ4n) is 10.7. The molecule has 5 aromatic rings. The van der Waals surface area contributed by atoms with E-state index in [0.29, 0.717) is 42.6 Å². The van der Waals surface area contributed by atoms with Crippen molar-refractivity contribution in [2.45, 2.75) is 101 Å². The molecule has 0 radical (unpaired) electrons. The molecule has 4 aromatic heterocycles. The van der Waals surface area contributed by atoms with Gasteiger partial charge in [-0.2, -0.15) is 15.3 Å². The van der Waals surface area contributed by atoms with Gasteiger partial charge >= 0.3 is 0 Å². The van der Waals surface area contributed by atoms with Gasteiger partial charge in [0, 0.05) is 69.4 Å². The second-order valence-corrected chi connectivity index (χ2v) is 19.4. The predicted molar refractivity (Wildman–Crippen MR) is 242 cm³/mol. The van der Waals surface area contributed by atoms with Gasteiger partial charge in [0.25, 0.3) is 12.3 Å². The summed E-state index contributed by atoms with van der Waals surface area (Å²) < 4.78 is 55.3. The summed E-state index contributed by atoms with van der Waals surface area (Å²) in [7, 11) is 0. The number of alkyl halides is 3. The van der Waals surface area contributed by atoms with Crippen molar-refractivity contribution in [1.29, 1.82) is 0 Å². The molecule has 19 heteroatoms. The van der Waals surface area contributed by atoms with E-state index >= 15 is 4.39 Å². The van der Waals surface area contributed by atoms with Crippen LogP contribution in [0.3, 0.4) is 0 Å². The summed E-state index contributed by atoms with van der Waals surface area (Å²) in [5.74, 6) is 6.35. The monoisotopic (exact) mass is 920 g/mol. The number of para-hydroxylation sites is 1. The maximum Gasteiger partial charge on any atom is 0.284 e. The number of benzene rings is 1. The SMILES string of the molecule is O=C1CCC(c2nn(C3CC3)c3c(C#CCO[C@H]4CCN(C[C@H]5CC[C@H](n6cc(NC(=O)c7cnn8ccc(N9CC(CN%10CCC%10)C9)nc78)c(C(F)F)n6)CC5)C[C@H]4F)cccc23)C(=O)N1. The number of carbonyl (C=O) groups is 3. The minimum Gasteiger partial charge on any atom is -0.362 e.